The fourth-order valence-electron chi connectivity index (χ4n) is 3.47. The lowest BCUT2D eigenvalue weighted by Crippen LogP contribution is -2.47. The van der Waals surface area contributed by atoms with Crippen LogP contribution < -0.4 is 5.32 Å². The second kappa shape index (κ2) is 5.23. The summed E-state index contributed by atoms with van der Waals surface area (Å²) in [5.74, 6) is 0.625. The van der Waals surface area contributed by atoms with E-state index in [0.717, 1.165) is 29.0 Å². The summed E-state index contributed by atoms with van der Waals surface area (Å²) in [7, 11) is 0. The molecule has 1 unspecified atom stereocenters. The van der Waals surface area contributed by atoms with Crippen LogP contribution >= 0.6 is 22.9 Å². The Morgan fingerprint density at radius 3 is 3.24 bits per heavy atom. The van der Waals surface area contributed by atoms with Gasteiger partial charge in [-0.05, 0) is 42.8 Å². The number of piperidine rings is 1. The van der Waals surface area contributed by atoms with Gasteiger partial charge >= 0.3 is 0 Å². The van der Waals surface area contributed by atoms with Gasteiger partial charge in [-0.1, -0.05) is 11.6 Å². The molecule has 2 aromatic heterocycles. The highest BCUT2D eigenvalue weighted by Gasteiger charge is 2.33. The van der Waals surface area contributed by atoms with Crippen LogP contribution in [-0.4, -0.2) is 41.5 Å². The van der Waals surface area contributed by atoms with Gasteiger partial charge in [0, 0.05) is 29.2 Å². The van der Waals surface area contributed by atoms with E-state index in [1.54, 1.807) is 11.3 Å². The molecule has 0 spiro atoms. The number of pyridine rings is 1. The Labute approximate surface area is 132 Å². The summed E-state index contributed by atoms with van der Waals surface area (Å²) in [6.07, 6.45) is 2.34. The molecule has 0 aliphatic carbocycles. The van der Waals surface area contributed by atoms with Crippen LogP contribution in [0.3, 0.4) is 0 Å². The summed E-state index contributed by atoms with van der Waals surface area (Å²) in [5.41, 5.74) is 0.419. The average Bonchev–Trinajstić information content (AvgIpc) is 3.05. The van der Waals surface area contributed by atoms with Gasteiger partial charge in [-0.25, -0.2) is 4.98 Å². The van der Waals surface area contributed by atoms with Gasteiger partial charge in [0.25, 0.3) is 5.91 Å². The molecule has 2 aliphatic rings. The molecule has 110 valence electrons. The fourth-order valence-corrected chi connectivity index (χ4v) is 4.60. The smallest absolute Gasteiger partial charge is 0.270 e. The van der Waals surface area contributed by atoms with E-state index >= 15 is 0 Å². The number of hydrogen-bond donors (Lipinski definition) is 1. The predicted octanol–water partition coefficient (Wildman–Crippen LogP) is 2.77. The normalized spacial score (nSPS) is 28.0. The monoisotopic (exact) mass is 321 g/mol. The Bertz CT molecular complexity index is 689. The van der Waals surface area contributed by atoms with E-state index in [9.17, 15) is 4.79 Å². The van der Waals surface area contributed by atoms with Crippen molar-refractivity contribution in [2.75, 3.05) is 19.6 Å². The van der Waals surface area contributed by atoms with Crippen molar-refractivity contribution >= 4 is 38.9 Å². The number of thiophene rings is 1. The van der Waals surface area contributed by atoms with Crippen LogP contribution in [0, 0.1) is 5.92 Å². The molecule has 0 saturated carbocycles. The second-order valence-electron chi connectivity index (χ2n) is 5.95. The topological polar surface area (TPSA) is 45.2 Å². The van der Waals surface area contributed by atoms with Crippen LogP contribution in [-0.2, 0) is 0 Å². The minimum Gasteiger partial charge on any atom is -0.347 e. The minimum atomic E-state index is -0.111. The van der Waals surface area contributed by atoms with Gasteiger partial charge in [-0.2, -0.15) is 0 Å². The van der Waals surface area contributed by atoms with Crippen LogP contribution in [0.5, 0.6) is 0 Å². The highest BCUT2D eigenvalue weighted by atomic mass is 35.5. The first-order chi connectivity index (χ1) is 10.2. The van der Waals surface area contributed by atoms with E-state index in [1.165, 1.54) is 19.5 Å². The summed E-state index contributed by atoms with van der Waals surface area (Å²) in [4.78, 5) is 19.1. The van der Waals surface area contributed by atoms with Crippen LogP contribution in [0.1, 0.15) is 23.3 Å². The van der Waals surface area contributed by atoms with Crippen LogP contribution in [0.4, 0.5) is 0 Å². The number of nitrogens with one attached hydrogen (secondary N) is 1. The molecule has 2 fully saturated rings. The van der Waals surface area contributed by atoms with Gasteiger partial charge in [0.1, 0.15) is 10.8 Å². The first kappa shape index (κ1) is 13.5. The SMILES string of the molecule is O=C(N[C@@H]1C[C@H]2CCN(C2)C1)c1cc2sccc2c(Cl)n1. The van der Waals surface area contributed by atoms with E-state index in [4.69, 9.17) is 11.6 Å². The third kappa shape index (κ3) is 2.54. The molecular weight excluding hydrogens is 306 g/mol. The number of amides is 1. The highest BCUT2D eigenvalue weighted by Crippen LogP contribution is 2.28. The molecule has 6 heteroatoms. The Morgan fingerprint density at radius 2 is 2.38 bits per heavy atom. The first-order valence-electron chi connectivity index (χ1n) is 7.26. The maximum atomic E-state index is 12.4. The summed E-state index contributed by atoms with van der Waals surface area (Å²) >= 11 is 7.73. The number of nitrogens with zero attached hydrogens (tertiary/aromatic N) is 2. The average molecular weight is 322 g/mol. The lowest BCUT2D eigenvalue weighted by molar-refractivity contribution is 0.0904. The number of rotatable bonds is 2. The molecule has 2 aromatic rings. The molecule has 2 saturated heterocycles. The van der Waals surface area contributed by atoms with Crippen molar-refractivity contribution in [2.24, 2.45) is 5.92 Å². The molecule has 1 amide bonds. The van der Waals surface area contributed by atoms with Gasteiger partial charge in [0.05, 0.1) is 0 Å². The fraction of sp³-hybridized carbons (Fsp3) is 0.467. The number of fused-ring (bicyclic) bond motifs is 3. The molecule has 4 heterocycles. The third-order valence-electron chi connectivity index (χ3n) is 4.44. The molecule has 2 aliphatic heterocycles. The maximum absolute atomic E-state index is 12.4. The lowest BCUT2D eigenvalue weighted by atomic mass is 9.97. The van der Waals surface area contributed by atoms with E-state index in [-0.39, 0.29) is 11.9 Å². The molecule has 4 nitrogen and oxygen atoms in total. The summed E-state index contributed by atoms with van der Waals surface area (Å²) in [5, 5.41) is 6.41. The zero-order valence-corrected chi connectivity index (χ0v) is 13.1. The largest absolute Gasteiger partial charge is 0.347 e. The Balaban J connectivity index is 1.53. The van der Waals surface area contributed by atoms with Crippen molar-refractivity contribution in [2.45, 2.75) is 18.9 Å². The van der Waals surface area contributed by atoms with Crippen molar-refractivity contribution in [1.29, 1.82) is 0 Å². The van der Waals surface area contributed by atoms with Crippen molar-refractivity contribution in [1.82, 2.24) is 15.2 Å². The first-order valence-corrected chi connectivity index (χ1v) is 8.52. The number of halogens is 1. The zero-order valence-electron chi connectivity index (χ0n) is 11.5. The number of carbonyl (C=O) groups is 1. The Kier molecular flexibility index (Phi) is 3.36. The maximum Gasteiger partial charge on any atom is 0.270 e. The van der Waals surface area contributed by atoms with Gasteiger partial charge in [0.2, 0.25) is 0 Å². The van der Waals surface area contributed by atoms with Gasteiger partial charge in [0.15, 0.2) is 0 Å². The summed E-state index contributed by atoms with van der Waals surface area (Å²) in [6.45, 7) is 3.32. The van der Waals surface area contributed by atoms with Crippen LogP contribution in [0.25, 0.3) is 10.1 Å². The number of hydrogen-bond acceptors (Lipinski definition) is 4. The second-order valence-corrected chi connectivity index (χ2v) is 7.26. The van der Waals surface area contributed by atoms with Crippen molar-refractivity contribution < 1.29 is 4.79 Å². The highest BCUT2D eigenvalue weighted by molar-refractivity contribution is 7.17. The van der Waals surface area contributed by atoms with Crippen molar-refractivity contribution in [3.8, 4) is 0 Å². The number of aromatic nitrogens is 1. The molecule has 2 bridgehead atoms. The quantitative estimate of drug-likeness (QED) is 0.865. The molecule has 0 aromatic carbocycles. The van der Waals surface area contributed by atoms with Crippen LogP contribution in [0.15, 0.2) is 17.5 Å². The van der Waals surface area contributed by atoms with Crippen molar-refractivity contribution in [3.05, 3.63) is 28.4 Å². The van der Waals surface area contributed by atoms with E-state index in [0.29, 0.717) is 10.8 Å². The molecule has 0 radical (unpaired) electrons. The van der Waals surface area contributed by atoms with E-state index in [1.807, 2.05) is 17.5 Å². The lowest BCUT2D eigenvalue weighted by Gasteiger charge is -2.30. The minimum absolute atomic E-state index is 0.111. The van der Waals surface area contributed by atoms with Crippen molar-refractivity contribution in [3.63, 3.8) is 0 Å². The van der Waals surface area contributed by atoms with Gasteiger partial charge in [-0.15, -0.1) is 11.3 Å². The zero-order chi connectivity index (χ0) is 14.4. The van der Waals surface area contributed by atoms with Gasteiger partial charge < -0.3 is 10.2 Å². The molecule has 21 heavy (non-hydrogen) atoms. The van der Waals surface area contributed by atoms with E-state index in [2.05, 4.69) is 15.2 Å². The summed E-state index contributed by atoms with van der Waals surface area (Å²) in [6, 6.07) is 4.00. The Hall–Kier alpha value is -1.17. The predicted molar refractivity (Wildman–Crippen MR) is 85.0 cm³/mol. The molecular formula is C15H16ClN3OS. The summed E-state index contributed by atoms with van der Waals surface area (Å²) < 4.78 is 1.01. The number of carbonyl (C=O) groups excluding carboxylic acids is 1. The molecule has 1 N–H and O–H groups in total. The molecule has 4 rings (SSSR count). The Morgan fingerprint density at radius 1 is 1.48 bits per heavy atom. The standard InChI is InChI=1S/C15H16ClN3OS/c16-14-11-2-4-21-13(11)6-12(18-14)15(20)17-10-5-9-1-3-19(7-9)8-10/h2,4,6,9-10H,1,3,5,7-8H2,(H,17,20)/t9-,10-/m1/s1. The molecule has 3 atom stereocenters. The van der Waals surface area contributed by atoms with E-state index < -0.39 is 0 Å². The third-order valence-corrected chi connectivity index (χ3v) is 5.59. The van der Waals surface area contributed by atoms with Crippen LogP contribution in [0.2, 0.25) is 5.15 Å². The van der Waals surface area contributed by atoms with Gasteiger partial charge in [-0.3, -0.25) is 4.79 Å².